The van der Waals surface area contributed by atoms with E-state index in [2.05, 4.69) is 79.6 Å². The second-order valence-corrected chi connectivity index (χ2v) is 10.5. The highest BCUT2D eigenvalue weighted by Crippen LogP contribution is 2.35. The minimum absolute atomic E-state index is 0.452. The number of allylic oxidation sites excluding steroid dienone is 1. The number of halogens is 1. The van der Waals surface area contributed by atoms with Crippen LogP contribution in [0.2, 0.25) is 0 Å². The second kappa shape index (κ2) is 9.55. The van der Waals surface area contributed by atoms with Crippen LogP contribution in [0.3, 0.4) is 0 Å². The number of rotatable bonds is 6. The van der Waals surface area contributed by atoms with Crippen LogP contribution in [0, 0.1) is 0 Å². The van der Waals surface area contributed by atoms with Gasteiger partial charge in [-0.25, -0.2) is 4.98 Å². The summed E-state index contributed by atoms with van der Waals surface area (Å²) in [7, 11) is 0. The summed E-state index contributed by atoms with van der Waals surface area (Å²) in [4.78, 5) is 11.9. The third-order valence-corrected chi connectivity index (χ3v) is 7.98. The SMILES string of the molecule is CC1=C(CN2CCC(c3cc(NCc4cccnc4)n4ncc(Br)c4n3)CC2)Cc2ccccc21. The maximum absolute atomic E-state index is 5.01. The van der Waals surface area contributed by atoms with Gasteiger partial charge in [0.1, 0.15) is 5.82 Å². The Balaban J connectivity index is 1.16. The number of anilines is 1. The zero-order chi connectivity index (χ0) is 23.8. The third kappa shape index (κ3) is 4.50. The van der Waals surface area contributed by atoms with Crippen molar-refractivity contribution >= 4 is 33.0 Å². The monoisotopic (exact) mass is 528 g/mol. The molecule has 7 heteroatoms. The summed E-state index contributed by atoms with van der Waals surface area (Å²) < 4.78 is 2.80. The smallest absolute Gasteiger partial charge is 0.171 e. The first-order chi connectivity index (χ1) is 17.2. The van der Waals surface area contributed by atoms with Crippen LogP contribution >= 0.6 is 15.9 Å². The maximum atomic E-state index is 5.01. The molecular weight excluding hydrogens is 500 g/mol. The first-order valence-electron chi connectivity index (χ1n) is 12.3. The molecule has 0 saturated carbocycles. The standard InChI is InChI=1S/C28H29BrN6/c1-19-23(13-22-6-2-3-7-24(19)22)18-34-11-8-21(9-12-34)26-14-27(31-16-20-5-4-10-30-15-20)35-28(33-26)25(29)17-32-35/h2-7,10,14-15,17,21,31H,8-9,11-13,16,18H2,1H3. The highest BCUT2D eigenvalue weighted by molar-refractivity contribution is 9.10. The van der Waals surface area contributed by atoms with Gasteiger partial charge in [-0.3, -0.25) is 9.88 Å². The van der Waals surface area contributed by atoms with Gasteiger partial charge in [0.15, 0.2) is 5.65 Å². The van der Waals surface area contributed by atoms with Gasteiger partial charge in [0, 0.05) is 43.2 Å². The highest BCUT2D eigenvalue weighted by atomic mass is 79.9. The molecule has 6 rings (SSSR count). The number of piperidine rings is 1. The van der Waals surface area contributed by atoms with Gasteiger partial charge in [-0.2, -0.15) is 9.61 Å². The highest BCUT2D eigenvalue weighted by Gasteiger charge is 2.26. The summed E-state index contributed by atoms with van der Waals surface area (Å²) in [5, 5.41) is 8.08. The molecule has 1 saturated heterocycles. The van der Waals surface area contributed by atoms with Crippen LogP contribution in [-0.4, -0.2) is 44.1 Å². The van der Waals surface area contributed by atoms with Gasteiger partial charge in [-0.05, 0) is 89.1 Å². The van der Waals surface area contributed by atoms with Gasteiger partial charge >= 0.3 is 0 Å². The fourth-order valence-corrected chi connectivity index (χ4v) is 5.76. The number of nitrogens with zero attached hydrogens (tertiary/aromatic N) is 5. The molecular formula is C28H29BrN6. The molecule has 1 aliphatic carbocycles. The molecule has 3 aromatic heterocycles. The normalized spacial score (nSPS) is 16.7. The van der Waals surface area contributed by atoms with Gasteiger partial charge in [0.05, 0.1) is 10.7 Å². The number of likely N-dealkylation sites (tertiary alicyclic amines) is 1. The van der Waals surface area contributed by atoms with Crippen LogP contribution < -0.4 is 5.32 Å². The molecule has 0 amide bonds. The lowest BCUT2D eigenvalue weighted by atomic mass is 9.92. The van der Waals surface area contributed by atoms with Gasteiger partial charge in [-0.15, -0.1) is 0 Å². The number of fused-ring (bicyclic) bond motifs is 2. The molecule has 0 unspecified atom stereocenters. The van der Waals surface area contributed by atoms with Crippen molar-refractivity contribution in [3.05, 3.63) is 93.5 Å². The predicted octanol–water partition coefficient (Wildman–Crippen LogP) is 5.71. The zero-order valence-electron chi connectivity index (χ0n) is 19.9. The molecule has 1 N–H and O–H groups in total. The van der Waals surface area contributed by atoms with E-state index in [1.54, 1.807) is 11.8 Å². The van der Waals surface area contributed by atoms with Crippen LogP contribution in [0.5, 0.6) is 0 Å². The number of benzene rings is 1. The first-order valence-corrected chi connectivity index (χ1v) is 13.1. The quantitative estimate of drug-likeness (QED) is 0.347. The fraction of sp³-hybridized carbons (Fsp3) is 0.321. The average Bonchev–Trinajstić information content (AvgIpc) is 3.43. The molecule has 2 aliphatic rings. The Morgan fingerprint density at radius 1 is 1.09 bits per heavy atom. The Hall–Kier alpha value is -3.03. The van der Waals surface area contributed by atoms with E-state index >= 15 is 0 Å². The van der Waals surface area contributed by atoms with Gasteiger partial charge in [-0.1, -0.05) is 30.3 Å². The van der Waals surface area contributed by atoms with Crippen LogP contribution in [0.25, 0.3) is 11.2 Å². The lowest BCUT2D eigenvalue weighted by molar-refractivity contribution is 0.226. The van der Waals surface area contributed by atoms with E-state index in [9.17, 15) is 0 Å². The van der Waals surface area contributed by atoms with E-state index in [4.69, 9.17) is 4.98 Å². The predicted molar refractivity (Wildman–Crippen MR) is 143 cm³/mol. The molecule has 0 spiro atoms. The summed E-state index contributed by atoms with van der Waals surface area (Å²) in [5.74, 6) is 1.42. The lowest BCUT2D eigenvalue weighted by Gasteiger charge is -2.32. The lowest BCUT2D eigenvalue weighted by Crippen LogP contribution is -2.34. The van der Waals surface area contributed by atoms with E-state index in [1.807, 2.05) is 23.0 Å². The number of pyridine rings is 1. The number of hydrogen-bond donors (Lipinski definition) is 1. The Morgan fingerprint density at radius 3 is 2.74 bits per heavy atom. The van der Waals surface area contributed by atoms with Gasteiger partial charge in [0.25, 0.3) is 0 Å². The van der Waals surface area contributed by atoms with Gasteiger partial charge in [0.2, 0.25) is 0 Å². The molecule has 1 aromatic carbocycles. The topological polar surface area (TPSA) is 58.4 Å². The van der Waals surface area contributed by atoms with E-state index in [0.29, 0.717) is 12.5 Å². The molecule has 0 atom stereocenters. The molecule has 6 nitrogen and oxygen atoms in total. The summed E-state index contributed by atoms with van der Waals surface area (Å²) in [5.41, 5.74) is 9.12. The third-order valence-electron chi connectivity index (χ3n) is 7.42. The molecule has 4 heterocycles. The number of nitrogens with one attached hydrogen (secondary N) is 1. The second-order valence-electron chi connectivity index (χ2n) is 9.62. The van der Waals surface area contributed by atoms with Crippen LogP contribution in [-0.2, 0) is 13.0 Å². The Kier molecular flexibility index (Phi) is 6.12. The van der Waals surface area contributed by atoms with Crippen molar-refractivity contribution in [2.45, 2.75) is 38.6 Å². The molecule has 0 bridgehead atoms. The van der Waals surface area contributed by atoms with Crippen molar-refractivity contribution in [1.82, 2.24) is 24.5 Å². The van der Waals surface area contributed by atoms with Crippen molar-refractivity contribution < 1.29 is 0 Å². The summed E-state index contributed by atoms with van der Waals surface area (Å²) in [6.45, 7) is 6.26. The van der Waals surface area contributed by atoms with Crippen molar-refractivity contribution in [2.24, 2.45) is 0 Å². The number of aromatic nitrogens is 4. The molecule has 4 aromatic rings. The van der Waals surface area contributed by atoms with E-state index in [1.165, 1.54) is 16.7 Å². The Morgan fingerprint density at radius 2 is 1.94 bits per heavy atom. The van der Waals surface area contributed by atoms with Crippen molar-refractivity contribution in [3.63, 3.8) is 0 Å². The molecule has 1 aliphatic heterocycles. The molecule has 0 radical (unpaired) electrons. The van der Waals surface area contributed by atoms with Crippen molar-refractivity contribution in [2.75, 3.05) is 25.0 Å². The Labute approximate surface area is 214 Å². The van der Waals surface area contributed by atoms with E-state index < -0.39 is 0 Å². The maximum Gasteiger partial charge on any atom is 0.171 e. The molecule has 178 valence electrons. The van der Waals surface area contributed by atoms with E-state index in [-0.39, 0.29) is 0 Å². The number of hydrogen-bond acceptors (Lipinski definition) is 5. The minimum Gasteiger partial charge on any atom is -0.366 e. The van der Waals surface area contributed by atoms with Crippen molar-refractivity contribution in [1.29, 1.82) is 0 Å². The summed E-state index contributed by atoms with van der Waals surface area (Å²) in [6, 6.07) is 15.1. The molecule has 1 fully saturated rings. The van der Waals surface area contributed by atoms with Crippen LogP contribution in [0.1, 0.15) is 48.1 Å². The fourth-order valence-electron chi connectivity index (χ4n) is 5.41. The summed E-state index contributed by atoms with van der Waals surface area (Å²) in [6.07, 6.45) is 8.85. The first kappa shape index (κ1) is 22.4. The zero-order valence-corrected chi connectivity index (χ0v) is 21.5. The van der Waals surface area contributed by atoms with Crippen LogP contribution in [0.15, 0.2) is 71.1 Å². The summed E-state index contributed by atoms with van der Waals surface area (Å²) >= 11 is 3.63. The van der Waals surface area contributed by atoms with Crippen molar-refractivity contribution in [3.8, 4) is 0 Å². The van der Waals surface area contributed by atoms with Gasteiger partial charge < -0.3 is 5.32 Å². The Bertz CT molecular complexity index is 1390. The van der Waals surface area contributed by atoms with Crippen LogP contribution in [0.4, 0.5) is 5.82 Å². The largest absolute Gasteiger partial charge is 0.366 e. The molecule has 35 heavy (non-hydrogen) atoms. The minimum atomic E-state index is 0.452. The van der Waals surface area contributed by atoms with E-state index in [0.717, 1.165) is 66.1 Å². The average molecular weight is 529 g/mol.